The van der Waals surface area contributed by atoms with Crippen LogP contribution in [-0.4, -0.2) is 41.1 Å². The quantitative estimate of drug-likeness (QED) is 0.930. The summed E-state index contributed by atoms with van der Waals surface area (Å²) in [5, 5.41) is 8.62. The minimum absolute atomic E-state index is 0.00932. The molecule has 0 spiro atoms. The zero-order valence-corrected chi connectivity index (χ0v) is 11.1. The van der Waals surface area contributed by atoms with Crippen LogP contribution in [0.5, 0.6) is 0 Å². The molecule has 1 aromatic carbocycles. The molecule has 0 fully saturated rings. The first kappa shape index (κ1) is 16.3. The van der Waals surface area contributed by atoms with E-state index in [0.717, 1.165) is 0 Å². The number of carboxylic acid groups (broad SMARTS) is 1. The second kappa shape index (κ2) is 6.13. The summed E-state index contributed by atoms with van der Waals surface area (Å²) in [6.07, 6.45) is -4.69. The van der Waals surface area contributed by atoms with Gasteiger partial charge in [0.25, 0.3) is 5.91 Å². The lowest BCUT2D eigenvalue weighted by Crippen LogP contribution is -2.42. The molecule has 0 bridgehead atoms. The maximum absolute atomic E-state index is 12.4. The van der Waals surface area contributed by atoms with Crippen molar-refractivity contribution in [1.29, 1.82) is 0 Å². The fraction of sp³-hybridized carbons (Fsp3) is 0.333. The molecular weight excluding hydrogens is 299 g/mol. The minimum atomic E-state index is -4.69. The fourth-order valence-corrected chi connectivity index (χ4v) is 1.77. The van der Waals surface area contributed by atoms with E-state index in [2.05, 4.69) is 0 Å². The molecule has 1 N–H and O–H groups in total. The molecule has 110 valence electrons. The SMILES string of the molecule is Cc1cccc(C(=O)N(CC(=O)O)CC(F)(F)F)c1Cl. The normalized spacial score (nSPS) is 11.2. The molecule has 0 radical (unpaired) electrons. The summed E-state index contributed by atoms with van der Waals surface area (Å²) in [5.74, 6) is -2.61. The highest BCUT2D eigenvalue weighted by Gasteiger charge is 2.34. The third kappa shape index (κ3) is 4.41. The first-order chi connectivity index (χ1) is 9.11. The number of hydrogen-bond acceptors (Lipinski definition) is 2. The molecule has 0 atom stereocenters. The molecule has 1 amide bonds. The van der Waals surface area contributed by atoms with E-state index in [-0.39, 0.29) is 15.5 Å². The molecule has 4 nitrogen and oxygen atoms in total. The zero-order chi connectivity index (χ0) is 15.5. The van der Waals surface area contributed by atoms with Crippen LogP contribution in [0.25, 0.3) is 0 Å². The minimum Gasteiger partial charge on any atom is -0.480 e. The monoisotopic (exact) mass is 309 g/mol. The van der Waals surface area contributed by atoms with E-state index >= 15 is 0 Å². The Balaban J connectivity index is 3.10. The first-order valence-corrected chi connectivity index (χ1v) is 5.82. The molecule has 0 saturated heterocycles. The van der Waals surface area contributed by atoms with Crippen LogP contribution in [-0.2, 0) is 4.79 Å². The second-order valence-electron chi connectivity index (χ2n) is 4.11. The van der Waals surface area contributed by atoms with E-state index in [1.165, 1.54) is 12.1 Å². The van der Waals surface area contributed by atoms with Gasteiger partial charge in [-0.25, -0.2) is 0 Å². The van der Waals surface area contributed by atoms with Gasteiger partial charge in [-0.1, -0.05) is 23.7 Å². The van der Waals surface area contributed by atoms with Crippen molar-refractivity contribution in [2.45, 2.75) is 13.1 Å². The number of hydrogen-bond donors (Lipinski definition) is 1. The molecule has 0 aliphatic heterocycles. The smallest absolute Gasteiger partial charge is 0.406 e. The topological polar surface area (TPSA) is 57.6 Å². The van der Waals surface area contributed by atoms with Gasteiger partial charge < -0.3 is 10.0 Å². The van der Waals surface area contributed by atoms with E-state index in [9.17, 15) is 22.8 Å². The van der Waals surface area contributed by atoms with E-state index in [4.69, 9.17) is 16.7 Å². The van der Waals surface area contributed by atoms with Crippen molar-refractivity contribution in [3.63, 3.8) is 0 Å². The number of carbonyl (C=O) groups excluding carboxylic acids is 1. The van der Waals surface area contributed by atoms with E-state index in [1.54, 1.807) is 13.0 Å². The molecule has 0 aliphatic rings. The number of benzene rings is 1. The van der Waals surface area contributed by atoms with Crippen LogP contribution in [0, 0.1) is 6.92 Å². The second-order valence-corrected chi connectivity index (χ2v) is 4.48. The Morgan fingerprint density at radius 1 is 1.35 bits per heavy atom. The van der Waals surface area contributed by atoms with Crippen LogP contribution in [0.15, 0.2) is 18.2 Å². The third-order valence-corrected chi connectivity index (χ3v) is 2.91. The van der Waals surface area contributed by atoms with E-state index in [0.29, 0.717) is 5.56 Å². The van der Waals surface area contributed by atoms with Crippen molar-refractivity contribution in [3.8, 4) is 0 Å². The van der Waals surface area contributed by atoms with Gasteiger partial charge in [0.1, 0.15) is 13.1 Å². The van der Waals surface area contributed by atoms with Gasteiger partial charge in [-0.3, -0.25) is 9.59 Å². The highest BCUT2D eigenvalue weighted by molar-refractivity contribution is 6.34. The van der Waals surface area contributed by atoms with Crippen molar-refractivity contribution < 1.29 is 27.9 Å². The molecule has 0 unspecified atom stereocenters. The van der Waals surface area contributed by atoms with Crippen LogP contribution >= 0.6 is 11.6 Å². The lowest BCUT2D eigenvalue weighted by Gasteiger charge is -2.22. The Labute approximate surface area is 117 Å². The van der Waals surface area contributed by atoms with Crippen molar-refractivity contribution in [3.05, 3.63) is 34.3 Å². The van der Waals surface area contributed by atoms with Crippen LogP contribution in [0.4, 0.5) is 13.2 Å². The standard InChI is InChI=1S/C12H11ClF3NO3/c1-7-3-2-4-8(10(7)13)11(20)17(5-9(18)19)6-12(14,15)16/h2-4H,5-6H2,1H3,(H,18,19). The van der Waals surface area contributed by atoms with Crippen molar-refractivity contribution in [1.82, 2.24) is 4.90 Å². The lowest BCUT2D eigenvalue weighted by atomic mass is 10.1. The summed E-state index contributed by atoms with van der Waals surface area (Å²) in [7, 11) is 0. The number of alkyl halides is 3. The number of aliphatic carboxylic acids is 1. The Bertz CT molecular complexity index is 531. The van der Waals surface area contributed by atoms with Gasteiger partial charge >= 0.3 is 12.1 Å². The van der Waals surface area contributed by atoms with Crippen molar-refractivity contribution >= 4 is 23.5 Å². The molecule has 0 heterocycles. The fourth-order valence-electron chi connectivity index (χ4n) is 1.56. The summed E-state index contributed by atoms with van der Waals surface area (Å²) in [6, 6.07) is 4.30. The van der Waals surface area contributed by atoms with E-state index in [1.807, 2.05) is 0 Å². The lowest BCUT2D eigenvalue weighted by molar-refractivity contribution is -0.149. The average Bonchev–Trinajstić information content (AvgIpc) is 2.28. The molecule has 1 rings (SSSR count). The maximum Gasteiger partial charge on any atom is 0.406 e. The largest absolute Gasteiger partial charge is 0.480 e. The Morgan fingerprint density at radius 3 is 2.45 bits per heavy atom. The van der Waals surface area contributed by atoms with Gasteiger partial charge in [-0.05, 0) is 18.6 Å². The van der Waals surface area contributed by atoms with Gasteiger partial charge in [-0.2, -0.15) is 13.2 Å². The summed E-state index contributed by atoms with van der Waals surface area (Å²) >= 11 is 5.86. The zero-order valence-electron chi connectivity index (χ0n) is 10.4. The maximum atomic E-state index is 12.4. The Kier molecular flexibility index (Phi) is 4.99. The van der Waals surface area contributed by atoms with Crippen molar-refractivity contribution in [2.75, 3.05) is 13.1 Å². The third-order valence-electron chi connectivity index (χ3n) is 2.41. The number of rotatable bonds is 4. The summed E-state index contributed by atoms with van der Waals surface area (Å²) < 4.78 is 37.2. The molecule has 0 saturated carbocycles. The van der Waals surface area contributed by atoms with E-state index < -0.39 is 31.1 Å². The number of nitrogens with zero attached hydrogens (tertiary/aromatic N) is 1. The molecule has 1 aromatic rings. The van der Waals surface area contributed by atoms with Crippen molar-refractivity contribution in [2.24, 2.45) is 0 Å². The Morgan fingerprint density at radius 2 is 1.95 bits per heavy atom. The number of aryl methyl sites for hydroxylation is 1. The number of halogens is 4. The number of amides is 1. The summed E-state index contributed by atoms with van der Waals surface area (Å²) in [6.45, 7) is -1.12. The molecule has 8 heteroatoms. The van der Waals surface area contributed by atoms with Gasteiger partial charge in [0, 0.05) is 0 Å². The van der Waals surface area contributed by atoms with Gasteiger partial charge in [-0.15, -0.1) is 0 Å². The molecule has 20 heavy (non-hydrogen) atoms. The predicted molar refractivity (Wildman–Crippen MR) is 65.8 cm³/mol. The highest BCUT2D eigenvalue weighted by atomic mass is 35.5. The number of carbonyl (C=O) groups is 2. The van der Waals surface area contributed by atoms with Crippen LogP contribution in [0.2, 0.25) is 5.02 Å². The first-order valence-electron chi connectivity index (χ1n) is 5.44. The highest BCUT2D eigenvalue weighted by Crippen LogP contribution is 2.24. The van der Waals surface area contributed by atoms with Crippen LogP contribution < -0.4 is 0 Å². The van der Waals surface area contributed by atoms with Gasteiger partial charge in [0.15, 0.2) is 0 Å². The molecule has 0 aromatic heterocycles. The summed E-state index contributed by atoms with van der Waals surface area (Å²) in [4.78, 5) is 22.8. The predicted octanol–water partition coefficient (Wildman–Crippen LogP) is 2.74. The van der Waals surface area contributed by atoms with Gasteiger partial charge in [0.2, 0.25) is 0 Å². The van der Waals surface area contributed by atoms with Crippen LogP contribution in [0.1, 0.15) is 15.9 Å². The van der Waals surface area contributed by atoms with Crippen LogP contribution in [0.3, 0.4) is 0 Å². The Hall–Kier alpha value is -1.76. The molecular formula is C12H11ClF3NO3. The summed E-state index contributed by atoms with van der Waals surface area (Å²) in [5.41, 5.74) is 0.358. The van der Waals surface area contributed by atoms with Gasteiger partial charge in [0.05, 0.1) is 10.6 Å². The average molecular weight is 310 g/mol. The molecule has 0 aliphatic carbocycles. The number of carboxylic acids is 1.